The number of nitrogens with zero attached hydrogens (tertiary/aromatic N) is 2. The molecule has 9 aromatic carbocycles. The lowest BCUT2D eigenvalue weighted by molar-refractivity contribution is 0.248. The zero-order valence-corrected chi connectivity index (χ0v) is 38.4. The lowest BCUT2D eigenvalue weighted by atomic mass is 9.66. The molecule has 2 aliphatic rings. The largest absolute Gasteiger partial charge is 0.310 e. The minimum Gasteiger partial charge on any atom is -0.310 e. The third-order valence-corrected chi connectivity index (χ3v) is 15.4. The van der Waals surface area contributed by atoms with Crippen LogP contribution in [0.5, 0.6) is 0 Å². The van der Waals surface area contributed by atoms with E-state index in [1.54, 1.807) is 0 Å². The number of hydrogen-bond donors (Lipinski definition) is 0. The van der Waals surface area contributed by atoms with Crippen molar-refractivity contribution in [2.75, 3.05) is 4.90 Å². The van der Waals surface area contributed by atoms with Crippen LogP contribution in [0.1, 0.15) is 51.0 Å². The molecule has 4 atom stereocenters. The van der Waals surface area contributed by atoms with E-state index < -0.39 is 0 Å². The molecule has 0 amide bonds. The lowest BCUT2D eigenvalue weighted by Gasteiger charge is -2.41. The van der Waals surface area contributed by atoms with Gasteiger partial charge in [0.25, 0.3) is 0 Å². The minimum absolute atomic E-state index is 0.0892. The number of fused-ring (bicyclic) bond motifs is 7. The zero-order valence-electron chi connectivity index (χ0n) is 38.4. The van der Waals surface area contributed by atoms with Crippen LogP contribution < -0.4 is 4.90 Å². The van der Waals surface area contributed by atoms with Gasteiger partial charge in [0, 0.05) is 33.5 Å². The summed E-state index contributed by atoms with van der Waals surface area (Å²) < 4.78 is 2.39. The molecule has 2 heteroatoms. The zero-order chi connectivity index (χ0) is 44.9. The number of hydrogen-bond acceptors (Lipinski definition) is 1. The van der Waals surface area contributed by atoms with Crippen molar-refractivity contribution in [3.05, 3.63) is 231 Å². The van der Waals surface area contributed by atoms with Crippen molar-refractivity contribution in [1.82, 2.24) is 4.57 Å². The van der Waals surface area contributed by atoms with Crippen LogP contribution in [0.4, 0.5) is 17.1 Å². The molecule has 67 heavy (non-hydrogen) atoms. The molecule has 2 saturated carbocycles. The summed E-state index contributed by atoms with van der Waals surface area (Å²) in [4.78, 5) is 2.54. The van der Waals surface area contributed by atoms with Crippen molar-refractivity contribution >= 4 is 49.6 Å². The first kappa shape index (κ1) is 41.0. The molecule has 0 radical (unpaired) electrons. The van der Waals surface area contributed by atoms with Gasteiger partial charge in [0.05, 0.1) is 11.0 Å². The van der Waals surface area contributed by atoms with Crippen molar-refractivity contribution in [2.24, 2.45) is 17.8 Å². The second kappa shape index (κ2) is 17.1. The maximum Gasteiger partial charge on any atom is 0.0541 e. The van der Waals surface area contributed by atoms with E-state index in [1.807, 2.05) is 0 Å². The second-order valence-electron chi connectivity index (χ2n) is 19.6. The monoisotopic (exact) mass is 864 g/mol. The van der Waals surface area contributed by atoms with Crippen LogP contribution >= 0.6 is 0 Å². The molecule has 0 spiro atoms. The standard InChI is InChI=1S/C65H56N2/c1-3-46-41-47-38-39-65(44-46,43-45(2)40-47)61-22-8-11-25-64(61)66(55-36-32-52(33-37-55)58-21-13-15-51-14-4-5-18-57(51)58)54-34-30-49(31-35-54)48-26-28-50(29-27-48)53-16-12-17-56(42-53)67-62-23-9-6-19-59(62)60-20-7-10-24-63(60)67/h3-37,42,45-47H,1,38-41,43-44H2,2H3/t45-,46-,47?,65?/m0/s1. The fourth-order valence-electron chi connectivity index (χ4n) is 12.5. The smallest absolute Gasteiger partial charge is 0.0541 e. The van der Waals surface area contributed by atoms with E-state index in [9.17, 15) is 0 Å². The Morgan fingerprint density at radius 1 is 0.522 bits per heavy atom. The maximum atomic E-state index is 4.37. The van der Waals surface area contributed by atoms with E-state index in [0.717, 1.165) is 11.6 Å². The van der Waals surface area contributed by atoms with Crippen LogP contribution in [0.25, 0.3) is 71.6 Å². The predicted octanol–water partition coefficient (Wildman–Crippen LogP) is 18.1. The molecule has 10 aromatic rings. The first-order chi connectivity index (χ1) is 33.0. The van der Waals surface area contributed by atoms with Gasteiger partial charge in [-0.1, -0.05) is 171 Å². The number of allylic oxidation sites excluding steroid dienone is 1. The molecule has 0 aliphatic heterocycles. The molecule has 1 aromatic heterocycles. The number of para-hydroxylation sites is 3. The Hall–Kier alpha value is -7.42. The molecule has 2 aliphatic carbocycles. The number of anilines is 3. The van der Waals surface area contributed by atoms with E-state index in [0.29, 0.717) is 11.8 Å². The molecule has 326 valence electrons. The van der Waals surface area contributed by atoms with Gasteiger partial charge >= 0.3 is 0 Å². The van der Waals surface area contributed by atoms with Gasteiger partial charge in [-0.2, -0.15) is 0 Å². The highest BCUT2D eigenvalue weighted by molar-refractivity contribution is 6.09. The average Bonchev–Trinajstić information content (AvgIpc) is 3.49. The fourth-order valence-corrected chi connectivity index (χ4v) is 12.5. The van der Waals surface area contributed by atoms with Crippen molar-refractivity contribution < 1.29 is 0 Å². The van der Waals surface area contributed by atoms with E-state index in [-0.39, 0.29) is 5.41 Å². The molecule has 0 N–H and O–H groups in total. The van der Waals surface area contributed by atoms with Crippen LogP contribution in [-0.4, -0.2) is 4.57 Å². The van der Waals surface area contributed by atoms with E-state index in [1.165, 1.54) is 127 Å². The molecular weight excluding hydrogens is 809 g/mol. The van der Waals surface area contributed by atoms with E-state index in [2.05, 4.69) is 241 Å². The highest BCUT2D eigenvalue weighted by Gasteiger charge is 2.44. The van der Waals surface area contributed by atoms with Crippen LogP contribution in [0.15, 0.2) is 225 Å². The van der Waals surface area contributed by atoms with Gasteiger partial charge in [-0.25, -0.2) is 0 Å². The Balaban J connectivity index is 0.906. The average molecular weight is 865 g/mol. The van der Waals surface area contributed by atoms with Crippen molar-refractivity contribution in [2.45, 2.75) is 50.9 Å². The van der Waals surface area contributed by atoms with Crippen molar-refractivity contribution in [3.8, 4) is 39.1 Å². The topological polar surface area (TPSA) is 8.17 Å². The third kappa shape index (κ3) is 7.46. The van der Waals surface area contributed by atoms with Crippen LogP contribution in [-0.2, 0) is 5.41 Å². The molecule has 2 nitrogen and oxygen atoms in total. The van der Waals surface area contributed by atoms with Crippen molar-refractivity contribution in [3.63, 3.8) is 0 Å². The number of aromatic nitrogens is 1. The van der Waals surface area contributed by atoms with Crippen LogP contribution in [0, 0.1) is 17.8 Å². The second-order valence-corrected chi connectivity index (χ2v) is 19.6. The fraction of sp³-hybridized carbons (Fsp3) is 0.169. The summed E-state index contributed by atoms with van der Waals surface area (Å²) in [5.41, 5.74) is 16.1. The summed E-state index contributed by atoms with van der Waals surface area (Å²) >= 11 is 0. The van der Waals surface area contributed by atoms with Gasteiger partial charge in [0.1, 0.15) is 0 Å². The van der Waals surface area contributed by atoms with Gasteiger partial charge in [-0.15, -0.1) is 6.58 Å². The molecular formula is C65H56N2. The Labute approximate surface area is 395 Å². The Morgan fingerprint density at radius 2 is 1.09 bits per heavy atom. The summed E-state index contributed by atoms with van der Waals surface area (Å²) in [6.07, 6.45) is 9.78. The van der Waals surface area contributed by atoms with Crippen LogP contribution in [0.2, 0.25) is 0 Å². The highest BCUT2D eigenvalue weighted by atomic mass is 15.1. The Morgan fingerprint density at radius 3 is 1.79 bits per heavy atom. The van der Waals surface area contributed by atoms with E-state index in [4.69, 9.17) is 0 Å². The van der Waals surface area contributed by atoms with Gasteiger partial charge in [-0.3, -0.25) is 0 Å². The molecule has 2 fully saturated rings. The molecule has 1 heterocycles. The molecule has 0 saturated heterocycles. The SMILES string of the molecule is C=C[C@H]1CC2CCC(c3ccccc3N(c3ccc(-c4ccc(-c5cccc(-n6c7ccccc7c7ccccc76)c5)cc4)cc3)c3ccc(-c4cccc5ccccc45)cc3)(C[C@@H](C)C2)C1. The highest BCUT2D eigenvalue weighted by Crippen LogP contribution is 2.55. The normalized spacial score (nSPS) is 19.3. The van der Waals surface area contributed by atoms with Gasteiger partial charge in [0.2, 0.25) is 0 Å². The summed E-state index contributed by atoms with van der Waals surface area (Å²) in [5, 5.41) is 5.10. The Kier molecular flexibility index (Phi) is 10.5. The van der Waals surface area contributed by atoms with Gasteiger partial charge in [0.15, 0.2) is 0 Å². The first-order valence-corrected chi connectivity index (χ1v) is 24.4. The number of benzene rings is 9. The Bertz CT molecular complexity index is 3350. The number of rotatable bonds is 9. The summed E-state index contributed by atoms with van der Waals surface area (Å²) in [6, 6.07) is 78.8. The summed E-state index contributed by atoms with van der Waals surface area (Å²) in [6.45, 7) is 6.88. The molecule has 2 bridgehead atoms. The maximum absolute atomic E-state index is 4.37. The summed E-state index contributed by atoms with van der Waals surface area (Å²) in [5.74, 6) is 2.01. The van der Waals surface area contributed by atoms with Gasteiger partial charge in [-0.05, 0) is 166 Å². The minimum atomic E-state index is 0.0892. The quantitative estimate of drug-likeness (QED) is 0.131. The predicted molar refractivity (Wildman–Crippen MR) is 285 cm³/mol. The first-order valence-electron chi connectivity index (χ1n) is 24.4. The molecule has 12 rings (SSSR count). The van der Waals surface area contributed by atoms with Crippen molar-refractivity contribution in [1.29, 1.82) is 0 Å². The third-order valence-electron chi connectivity index (χ3n) is 15.4. The molecule has 2 unspecified atom stereocenters. The summed E-state index contributed by atoms with van der Waals surface area (Å²) in [7, 11) is 0. The lowest BCUT2D eigenvalue weighted by Crippen LogP contribution is -2.32. The van der Waals surface area contributed by atoms with Crippen LogP contribution in [0.3, 0.4) is 0 Å². The van der Waals surface area contributed by atoms with E-state index >= 15 is 0 Å². The van der Waals surface area contributed by atoms with Gasteiger partial charge < -0.3 is 9.47 Å².